The molecule has 0 bridgehead atoms. The first kappa shape index (κ1) is 11.0. The Balaban J connectivity index is 2.04. The van der Waals surface area contributed by atoms with Crippen molar-refractivity contribution in [2.75, 3.05) is 0 Å². The van der Waals surface area contributed by atoms with Gasteiger partial charge in [0.1, 0.15) is 12.1 Å². The molecular formula is C14H8FN5. The molecule has 4 rings (SSSR count). The highest BCUT2D eigenvalue weighted by atomic mass is 19.1. The minimum atomic E-state index is -0.319. The van der Waals surface area contributed by atoms with Crippen LogP contribution in [0.4, 0.5) is 4.39 Å². The molecule has 3 heterocycles. The summed E-state index contributed by atoms with van der Waals surface area (Å²) < 4.78 is 15.0. The molecule has 0 aliphatic rings. The monoisotopic (exact) mass is 265 g/mol. The molecule has 6 heteroatoms. The van der Waals surface area contributed by atoms with Gasteiger partial charge in [0.05, 0.1) is 5.52 Å². The van der Waals surface area contributed by atoms with Gasteiger partial charge >= 0.3 is 0 Å². The number of pyridine rings is 1. The fourth-order valence-electron chi connectivity index (χ4n) is 2.13. The van der Waals surface area contributed by atoms with Gasteiger partial charge in [-0.1, -0.05) is 0 Å². The van der Waals surface area contributed by atoms with E-state index in [0.717, 1.165) is 5.56 Å². The Kier molecular flexibility index (Phi) is 2.23. The largest absolute Gasteiger partial charge is 0.265 e. The van der Waals surface area contributed by atoms with Crippen molar-refractivity contribution in [3.8, 4) is 11.4 Å². The maximum Gasteiger partial charge on any atom is 0.182 e. The summed E-state index contributed by atoms with van der Waals surface area (Å²) >= 11 is 0. The van der Waals surface area contributed by atoms with Gasteiger partial charge in [0, 0.05) is 23.3 Å². The first-order valence-electron chi connectivity index (χ1n) is 6.02. The minimum Gasteiger partial charge on any atom is -0.265 e. The number of aromatic nitrogens is 5. The first-order chi connectivity index (χ1) is 9.81. The van der Waals surface area contributed by atoms with E-state index in [0.29, 0.717) is 22.4 Å². The summed E-state index contributed by atoms with van der Waals surface area (Å²) in [6.45, 7) is 0. The van der Waals surface area contributed by atoms with Crippen LogP contribution >= 0.6 is 0 Å². The molecule has 0 unspecified atom stereocenters. The van der Waals surface area contributed by atoms with Gasteiger partial charge in [-0.2, -0.15) is 0 Å². The molecule has 0 radical (unpaired) electrons. The van der Waals surface area contributed by atoms with Gasteiger partial charge in [0.2, 0.25) is 0 Å². The molecular weight excluding hydrogens is 257 g/mol. The van der Waals surface area contributed by atoms with Gasteiger partial charge in [-0.25, -0.2) is 18.9 Å². The van der Waals surface area contributed by atoms with E-state index in [1.807, 2.05) is 12.1 Å². The van der Waals surface area contributed by atoms with Crippen LogP contribution in [0.15, 0.2) is 49.1 Å². The zero-order valence-electron chi connectivity index (χ0n) is 10.2. The van der Waals surface area contributed by atoms with Crippen LogP contribution in [0.5, 0.6) is 0 Å². The first-order valence-corrected chi connectivity index (χ1v) is 6.02. The maximum absolute atomic E-state index is 13.4. The number of rotatable bonds is 1. The van der Waals surface area contributed by atoms with E-state index in [4.69, 9.17) is 0 Å². The Morgan fingerprint density at radius 1 is 1.05 bits per heavy atom. The molecule has 20 heavy (non-hydrogen) atoms. The fraction of sp³-hybridized carbons (Fsp3) is 0. The standard InChI is InChI=1S/C14H8FN5/c15-10-1-2-12-11(7-10)14-18-13(19-20(14)8-17-12)9-3-5-16-6-4-9/h1-8H. The summed E-state index contributed by atoms with van der Waals surface area (Å²) in [7, 11) is 0. The molecule has 0 atom stereocenters. The lowest BCUT2D eigenvalue weighted by Crippen LogP contribution is -1.91. The lowest BCUT2D eigenvalue weighted by Gasteiger charge is -1.97. The third kappa shape index (κ3) is 1.62. The molecule has 1 aromatic carbocycles. The highest BCUT2D eigenvalue weighted by Crippen LogP contribution is 2.21. The molecule has 0 amide bonds. The SMILES string of the molecule is Fc1ccc2ncn3nc(-c4ccncc4)nc3c2c1. The molecule has 4 aromatic rings. The zero-order valence-corrected chi connectivity index (χ0v) is 10.2. The van der Waals surface area contributed by atoms with Crippen LogP contribution in [0.2, 0.25) is 0 Å². The number of hydrogen-bond donors (Lipinski definition) is 0. The highest BCUT2D eigenvalue weighted by molar-refractivity contribution is 5.91. The molecule has 0 aliphatic carbocycles. The molecule has 0 saturated heterocycles. The van der Waals surface area contributed by atoms with Gasteiger partial charge < -0.3 is 0 Å². The quantitative estimate of drug-likeness (QED) is 0.530. The van der Waals surface area contributed by atoms with E-state index < -0.39 is 0 Å². The van der Waals surface area contributed by atoms with Crippen molar-refractivity contribution in [3.63, 3.8) is 0 Å². The van der Waals surface area contributed by atoms with E-state index in [9.17, 15) is 4.39 Å². The third-order valence-corrected chi connectivity index (χ3v) is 3.08. The van der Waals surface area contributed by atoms with E-state index in [-0.39, 0.29) is 5.82 Å². The Morgan fingerprint density at radius 3 is 2.75 bits per heavy atom. The normalized spacial score (nSPS) is 11.2. The predicted octanol–water partition coefficient (Wildman–Crippen LogP) is 2.48. The summed E-state index contributed by atoms with van der Waals surface area (Å²) in [5, 5.41) is 4.99. The summed E-state index contributed by atoms with van der Waals surface area (Å²) in [5.74, 6) is 0.242. The van der Waals surface area contributed by atoms with Crippen molar-refractivity contribution in [2.45, 2.75) is 0 Å². The van der Waals surface area contributed by atoms with Gasteiger partial charge in [0.15, 0.2) is 11.5 Å². The van der Waals surface area contributed by atoms with Gasteiger partial charge in [-0.15, -0.1) is 5.10 Å². The number of fused-ring (bicyclic) bond motifs is 3. The Hall–Kier alpha value is -2.89. The third-order valence-electron chi connectivity index (χ3n) is 3.08. The van der Waals surface area contributed by atoms with Crippen LogP contribution in [-0.4, -0.2) is 24.6 Å². The Labute approximate surface area is 112 Å². The van der Waals surface area contributed by atoms with E-state index >= 15 is 0 Å². The van der Waals surface area contributed by atoms with Crippen molar-refractivity contribution in [1.82, 2.24) is 24.6 Å². The molecule has 3 aromatic heterocycles. The van der Waals surface area contributed by atoms with Crippen LogP contribution in [0.25, 0.3) is 27.9 Å². The van der Waals surface area contributed by atoms with Gasteiger partial charge in [-0.3, -0.25) is 4.98 Å². The molecule has 0 fully saturated rings. The molecule has 96 valence electrons. The second-order valence-electron chi connectivity index (χ2n) is 4.35. The predicted molar refractivity (Wildman–Crippen MR) is 71.5 cm³/mol. The smallest absolute Gasteiger partial charge is 0.182 e. The number of halogens is 1. The number of benzene rings is 1. The zero-order chi connectivity index (χ0) is 13.5. The van der Waals surface area contributed by atoms with Crippen molar-refractivity contribution >= 4 is 16.6 Å². The van der Waals surface area contributed by atoms with Crippen molar-refractivity contribution in [2.24, 2.45) is 0 Å². The summed E-state index contributed by atoms with van der Waals surface area (Å²) in [6, 6.07) is 8.08. The second-order valence-corrected chi connectivity index (χ2v) is 4.35. The second kappa shape index (κ2) is 4.06. The van der Waals surface area contributed by atoms with Crippen LogP contribution in [0, 0.1) is 5.82 Å². The van der Waals surface area contributed by atoms with Crippen LogP contribution in [0.3, 0.4) is 0 Å². The summed E-state index contributed by atoms with van der Waals surface area (Å²) in [4.78, 5) is 12.7. The van der Waals surface area contributed by atoms with E-state index in [1.54, 1.807) is 29.3 Å². The van der Waals surface area contributed by atoms with Gasteiger partial charge in [0.25, 0.3) is 0 Å². The average Bonchev–Trinajstić information content (AvgIpc) is 2.93. The Morgan fingerprint density at radius 2 is 1.90 bits per heavy atom. The van der Waals surface area contributed by atoms with Crippen LogP contribution < -0.4 is 0 Å². The fourth-order valence-corrected chi connectivity index (χ4v) is 2.13. The van der Waals surface area contributed by atoms with Crippen LogP contribution in [0.1, 0.15) is 0 Å². The molecule has 0 aliphatic heterocycles. The van der Waals surface area contributed by atoms with Crippen molar-refractivity contribution in [3.05, 3.63) is 54.9 Å². The molecule has 0 spiro atoms. The van der Waals surface area contributed by atoms with E-state index in [2.05, 4.69) is 20.1 Å². The van der Waals surface area contributed by atoms with Gasteiger partial charge in [-0.05, 0) is 30.3 Å². The van der Waals surface area contributed by atoms with Crippen LogP contribution in [-0.2, 0) is 0 Å². The summed E-state index contributed by atoms with van der Waals surface area (Å²) in [6.07, 6.45) is 4.93. The van der Waals surface area contributed by atoms with E-state index in [1.165, 1.54) is 12.1 Å². The molecule has 0 saturated carbocycles. The maximum atomic E-state index is 13.4. The van der Waals surface area contributed by atoms with Crippen molar-refractivity contribution < 1.29 is 4.39 Å². The molecule has 0 N–H and O–H groups in total. The average molecular weight is 265 g/mol. The lowest BCUT2D eigenvalue weighted by molar-refractivity contribution is 0.629. The van der Waals surface area contributed by atoms with Crippen molar-refractivity contribution in [1.29, 1.82) is 0 Å². The topological polar surface area (TPSA) is 56.0 Å². The lowest BCUT2D eigenvalue weighted by atomic mass is 10.2. The molecule has 5 nitrogen and oxygen atoms in total. The summed E-state index contributed by atoms with van der Waals surface area (Å²) in [5.41, 5.74) is 2.13. The minimum absolute atomic E-state index is 0.319. The number of nitrogens with zero attached hydrogens (tertiary/aromatic N) is 5. The Bertz CT molecular complexity index is 917. The number of hydrogen-bond acceptors (Lipinski definition) is 4. The highest BCUT2D eigenvalue weighted by Gasteiger charge is 2.10.